The number of hydrogen-bond acceptors (Lipinski definition) is 7. The van der Waals surface area contributed by atoms with Gasteiger partial charge < -0.3 is 15.5 Å². The molecule has 8 heteroatoms. The Morgan fingerprint density at radius 2 is 2.04 bits per heavy atom. The molecule has 1 aromatic rings. The van der Waals surface area contributed by atoms with Gasteiger partial charge in [-0.1, -0.05) is 13.8 Å². The van der Waals surface area contributed by atoms with E-state index >= 15 is 0 Å². The molecule has 1 aliphatic carbocycles. The first kappa shape index (κ1) is 18.3. The number of fused-ring (bicyclic) bond motifs is 1. The number of nitrogens with one attached hydrogen (secondary N) is 2. The SMILES string of the molecule is CC(C)CNC(=O)c1nc2c(s1)C(=O)C=C(NCCN(C)C)C2=O. The highest BCUT2D eigenvalue weighted by atomic mass is 32.1. The molecule has 1 heterocycles. The molecule has 0 spiro atoms. The summed E-state index contributed by atoms with van der Waals surface area (Å²) in [5, 5.41) is 5.85. The summed E-state index contributed by atoms with van der Waals surface area (Å²) in [4.78, 5) is 43.0. The van der Waals surface area contributed by atoms with Gasteiger partial charge in [-0.05, 0) is 20.0 Å². The highest BCUT2D eigenvalue weighted by Gasteiger charge is 2.31. The molecule has 7 nitrogen and oxygen atoms in total. The Morgan fingerprint density at radius 1 is 1.33 bits per heavy atom. The molecule has 0 atom stereocenters. The van der Waals surface area contributed by atoms with E-state index in [1.807, 2.05) is 32.8 Å². The van der Waals surface area contributed by atoms with Crippen LogP contribution in [0.2, 0.25) is 0 Å². The third kappa shape index (κ3) is 4.27. The van der Waals surface area contributed by atoms with E-state index in [0.717, 1.165) is 17.9 Å². The molecule has 0 aromatic carbocycles. The Morgan fingerprint density at radius 3 is 2.67 bits per heavy atom. The normalized spacial score (nSPS) is 14.0. The van der Waals surface area contributed by atoms with Crippen molar-refractivity contribution < 1.29 is 14.4 Å². The van der Waals surface area contributed by atoms with E-state index < -0.39 is 0 Å². The molecule has 24 heavy (non-hydrogen) atoms. The van der Waals surface area contributed by atoms with Crippen LogP contribution < -0.4 is 10.6 Å². The number of nitrogens with zero attached hydrogens (tertiary/aromatic N) is 2. The molecule has 0 fully saturated rings. The lowest BCUT2D eigenvalue weighted by Crippen LogP contribution is -2.31. The number of rotatable bonds is 7. The quantitative estimate of drug-likeness (QED) is 0.761. The topological polar surface area (TPSA) is 91.4 Å². The fourth-order valence-corrected chi connectivity index (χ4v) is 2.94. The minimum absolute atomic E-state index is 0.0644. The molecule has 0 bridgehead atoms. The van der Waals surface area contributed by atoms with Crippen LogP contribution in [0.3, 0.4) is 0 Å². The molecule has 0 unspecified atom stereocenters. The maximum absolute atomic E-state index is 12.5. The van der Waals surface area contributed by atoms with E-state index in [-0.39, 0.29) is 38.7 Å². The van der Waals surface area contributed by atoms with Crippen LogP contribution in [-0.4, -0.2) is 61.1 Å². The van der Waals surface area contributed by atoms with Crippen LogP contribution in [0.25, 0.3) is 0 Å². The van der Waals surface area contributed by atoms with Crippen molar-refractivity contribution in [2.24, 2.45) is 5.92 Å². The second-order valence-electron chi connectivity index (χ2n) is 6.28. The van der Waals surface area contributed by atoms with Crippen molar-refractivity contribution in [3.05, 3.63) is 27.4 Å². The Kier molecular flexibility index (Phi) is 5.84. The van der Waals surface area contributed by atoms with Crippen molar-refractivity contribution >= 4 is 28.8 Å². The number of hydrogen-bond donors (Lipinski definition) is 2. The van der Waals surface area contributed by atoms with E-state index in [4.69, 9.17) is 0 Å². The van der Waals surface area contributed by atoms with Crippen LogP contribution in [-0.2, 0) is 0 Å². The van der Waals surface area contributed by atoms with Gasteiger partial charge in [-0.2, -0.15) is 0 Å². The first-order valence-corrected chi connectivity index (χ1v) is 8.59. The first-order valence-electron chi connectivity index (χ1n) is 7.78. The fourth-order valence-electron chi connectivity index (χ4n) is 2.05. The average Bonchev–Trinajstić information content (AvgIpc) is 2.95. The van der Waals surface area contributed by atoms with Gasteiger partial charge in [0.25, 0.3) is 5.91 Å². The van der Waals surface area contributed by atoms with Crippen LogP contribution in [0.1, 0.15) is 43.8 Å². The number of Topliss-reactive ketones (excluding diaryl/α,β-unsaturated/α-hetero) is 1. The minimum Gasteiger partial charge on any atom is -0.380 e. The maximum Gasteiger partial charge on any atom is 0.280 e. The van der Waals surface area contributed by atoms with E-state index in [9.17, 15) is 14.4 Å². The van der Waals surface area contributed by atoms with Crippen molar-refractivity contribution in [2.45, 2.75) is 13.8 Å². The monoisotopic (exact) mass is 350 g/mol. The number of aromatic nitrogens is 1. The molecular weight excluding hydrogens is 328 g/mol. The van der Waals surface area contributed by atoms with Gasteiger partial charge in [-0.15, -0.1) is 11.3 Å². The summed E-state index contributed by atoms with van der Waals surface area (Å²) in [5.41, 5.74) is 0.295. The number of carbonyl (C=O) groups is 3. The second-order valence-corrected chi connectivity index (χ2v) is 7.28. The van der Waals surface area contributed by atoms with E-state index in [2.05, 4.69) is 15.6 Å². The summed E-state index contributed by atoms with van der Waals surface area (Å²) >= 11 is 0.964. The standard InChI is InChI=1S/C16H22N4O3S/c1-9(2)8-18-15(23)16-19-12-13(22)10(17-5-6-20(3)4)7-11(21)14(12)24-16/h7,9,17H,5-6,8H2,1-4H3,(H,18,23). The van der Waals surface area contributed by atoms with Crippen molar-refractivity contribution in [1.29, 1.82) is 0 Å². The van der Waals surface area contributed by atoms with Crippen LogP contribution in [0.4, 0.5) is 0 Å². The Balaban J connectivity index is 2.12. The van der Waals surface area contributed by atoms with Gasteiger partial charge >= 0.3 is 0 Å². The minimum atomic E-state index is -0.356. The highest BCUT2D eigenvalue weighted by Crippen LogP contribution is 2.25. The van der Waals surface area contributed by atoms with Crippen molar-refractivity contribution in [3.63, 3.8) is 0 Å². The molecule has 0 saturated heterocycles. The fraction of sp³-hybridized carbons (Fsp3) is 0.500. The van der Waals surface area contributed by atoms with Gasteiger partial charge in [-0.3, -0.25) is 14.4 Å². The zero-order valence-electron chi connectivity index (χ0n) is 14.3. The zero-order chi connectivity index (χ0) is 17.9. The largest absolute Gasteiger partial charge is 0.380 e. The van der Waals surface area contributed by atoms with Crippen molar-refractivity contribution in [3.8, 4) is 0 Å². The Hall–Kier alpha value is -2.06. The molecule has 0 aliphatic heterocycles. The predicted octanol–water partition coefficient (Wildman–Crippen LogP) is 0.943. The molecule has 0 radical (unpaired) electrons. The lowest BCUT2D eigenvalue weighted by molar-refractivity contribution is 0.0947. The molecule has 130 valence electrons. The van der Waals surface area contributed by atoms with Gasteiger partial charge in [0, 0.05) is 25.7 Å². The summed E-state index contributed by atoms with van der Waals surface area (Å²) in [6, 6.07) is 0. The molecule has 1 amide bonds. The van der Waals surface area contributed by atoms with Crippen LogP contribution in [0, 0.1) is 5.92 Å². The number of ketones is 2. The lowest BCUT2D eigenvalue weighted by Gasteiger charge is -2.15. The van der Waals surface area contributed by atoms with E-state index in [1.54, 1.807) is 0 Å². The van der Waals surface area contributed by atoms with Crippen LogP contribution in [0.15, 0.2) is 11.8 Å². The average molecular weight is 350 g/mol. The van der Waals surface area contributed by atoms with Gasteiger partial charge in [0.1, 0.15) is 10.6 Å². The number of likely N-dealkylation sites (N-methyl/N-ethyl adjacent to an activating group) is 1. The zero-order valence-corrected chi connectivity index (χ0v) is 15.1. The molecule has 0 saturated carbocycles. The van der Waals surface area contributed by atoms with Crippen LogP contribution >= 0.6 is 11.3 Å². The van der Waals surface area contributed by atoms with Gasteiger partial charge in [-0.25, -0.2) is 4.98 Å². The lowest BCUT2D eigenvalue weighted by atomic mass is 10.0. The molecule has 2 rings (SSSR count). The van der Waals surface area contributed by atoms with Crippen LogP contribution in [0.5, 0.6) is 0 Å². The van der Waals surface area contributed by atoms with Crippen molar-refractivity contribution in [2.75, 3.05) is 33.7 Å². The highest BCUT2D eigenvalue weighted by molar-refractivity contribution is 7.16. The molecular formula is C16H22N4O3S. The summed E-state index contributed by atoms with van der Waals surface area (Å²) < 4.78 is 0. The Bertz CT molecular complexity index is 691. The number of allylic oxidation sites excluding steroid dienone is 2. The maximum atomic E-state index is 12.5. The third-order valence-corrected chi connectivity index (χ3v) is 4.39. The summed E-state index contributed by atoms with van der Waals surface area (Å²) in [6.07, 6.45) is 1.29. The first-order chi connectivity index (χ1) is 11.3. The molecule has 1 aromatic heterocycles. The van der Waals surface area contributed by atoms with Gasteiger partial charge in [0.2, 0.25) is 5.78 Å². The van der Waals surface area contributed by atoms with Gasteiger partial charge in [0.05, 0.1) is 5.70 Å². The van der Waals surface area contributed by atoms with Crippen molar-refractivity contribution in [1.82, 2.24) is 20.5 Å². The summed E-state index contributed by atoms with van der Waals surface area (Å²) in [6.45, 7) is 5.75. The Labute approximate surface area is 145 Å². The third-order valence-electron chi connectivity index (χ3n) is 3.33. The van der Waals surface area contributed by atoms with Gasteiger partial charge in [0.15, 0.2) is 10.8 Å². The number of thiazole rings is 1. The van der Waals surface area contributed by atoms with E-state index in [1.165, 1.54) is 6.08 Å². The smallest absolute Gasteiger partial charge is 0.280 e. The molecule has 1 aliphatic rings. The molecule has 2 N–H and O–H groups in total. The summed E-state index contributed by atoms with van der Waals surface area (Å²) in [7, 11) is 3.84. The number of carbonyl (C=O) groups excluding carboxylic acids is 3. The number of amides is 1. The summed E-state index contributed by atoms with van der Waals surface area (Å²) in [5.74, 6) is -0.688. The van der Waals surface area contributed by atoms with E-state index in [0.29, 0.717) is 19.0 Å². The second kappa shape index (κ2) is 7.67. The predicted molar refractivity (Wildman–Crippen MR) is 92.6 cm³/mol.